The van der Waals surface area contributed by atoms with Gasteiger partial charge in [0.05, 0.1) is 21.6 Å². The van der Waals surface area contributed by atoms with Crippen LogP contribution in [-0.4, -0.2) is 60.5 Å². The van der Waals surface area contributed by atoms with Crippen molar-refractivity contribution in [3.8, 4) is 0 Å². The number of nitrogens with zero attached hydrogens (tertiary/aromatic N) is 1. The van der Waals surface area contributed by atoms with Crippen LogP contribution in [0.2, 0.25) is 0 Å². The van der Waals surface area contributed by atoms with Crippen LogP contribution in [0.5, 0.6) is 0 Å². The van der Waals surface area contributed by atoms with Crippen molar-refractivity contribution in [1.82, 2.24) is 10.3 Å². The van der Waals surface area contributed by atoms with Gasteiger partial charge in [0.2, 0.25) is 11.0 Å². The summed E-state index contributed by atoms with van der Waals surface area (Å²) in [7, 11) is -1.29. The summed E-state index contributed by atoms with van der Waals surface area (Å²) in [6.45, 7) is 5.50. The number of ether oxygens (including phenoxy) is 2. The number of ketones is 1. The lowest BCUT2D eigenvalue weighted by Crippen LogP contribution is -2.55. The Hall–Kier alpha value is -1.96. The summed E-state index contributed by atoms with van der Waals surface area (Å²) in [6, 6.07) is -0.428. The SMILES string of the molecule is C/C1=C\[C@@H](OC2CCCCO2)C(=O)/C=C/C=C\c2csc(n2)[C@@H](C)NC(=O)C[C@@]2(CC1)S(=O)SC(=O)[C@]2(C)O. The molecule has 0 aromatic carbocycles. The van der Waals surface area contributed by atoms with Crippen LogP contribution in [0.4, 0.5) is 0 Å². The Bertz CT molecular complexity index is 1220. The summed E-state index contributed by atoms with van der Waals surface area (Å²) in [4.78, 5) is 43.5. The molecule has 6 atom stereocenters. The summed E-state index contributed by atoms with van der Waals surface area (Å²) >= 11 is 1.37. The number of aromatic nitrogens is 1. The average molecular weight is 595 g/mol. The number of carbonyl (C=O) groups is 3. The molecule has 0 saturated carbocycles. The number of rotatable bonds is 2. The second-order valence-corrected chi connectivity index (χ2v) is 14.3. The van der Waals surface area contributed by atoms with E-state index in [1.807, 2.05) is 12.3 Å². The van der Waals surface area contributed by atoms with Gasteiger partial charge >= 0.3 is 0 Å². The molecule has 212 valence electrons. The fourth-order valence-corrected chi connectivity index (χ4v) is 9.46. The van der Waals surface area contributed by atoms with Crippen molar-refractivity contribution in [2.24, 2.45) is 0 Å². The lowest BCUT2D eigenvalue weighted by molar-refractivity contribution is -0.181. The van der Waals surface area contributed by atoms with Crippen LogP contribution in [0, 0.1) is 0 Å². The molecule has 3 aliphatic heterocycles. The zero-order valence-corrected chi connectivity index (χ0v) is 24.7. The molecule has 4 rings (SSSR count). The Morgan fingerprint density at radius 1 is 1.23 bits per heavy atom. The van der Waals surface area contributed by atoms with Crippen LogP contribution < -0.4 is 5.32 Å². The molecule has 2 unspecified atom stereocenters. The zero-order valence-electron chi connectivity index (χ0n) is 22.2. The van der Waals surface area contributed by atoms with Gasteiger partial charge in [0.25, 0.3) is 0 Å². The molecule has 3 aliphatic rings. The number of hydrogen-bond acceptors (Lipinski definition) is 10. The highest BCUT2D eigenvalue weighted by Crippen LogP contribution is 2.50. The number of allylic oxidation sites excluding steroid dienone is 3. The van der Waals surface area contributed by atoms with E-state index in [9.17, 15) is 23.7 Å². The van der Waals surface area contributed by atoms with Crippen LogP contribution >= 0.6 is 22.1 Å². The van der Waals surface area contributed by atoms with Crippen molar-refractivity contribution in [2.45, 2.75) is 88.1 Å². The van der Waals surface area contributed by atoms with Crippen LogP contribution in [-0.2, 0) is 33.7 Å². The van der Waals surface area contributed by atoms with Crippen molar-refractivity contribution < 1.29 is 33.2 Å². The lowest BCUT2D eigenvalue weighted by atomic mass is 9.81. The summed E-state index contributed by atoms with van der Waals surface area (Å²) in [5, 5.41) is 16.0. The highest BCUT2D eigenvalue weighted by atomic mass is 33.1. The average Bonchev–Trinajstić information content (AvgIpc) is 3.42. The van der Waals surface area contributed by atoms with E-state index in [0.717, 1.165) is 18.4 Å². The fourth-order valence-electron chi connectivity index (χ4n) is 4.72. The maximum atomic E-state index is 13.3. The van der Waals surface area contributed by atoms with Crippen LogP contribution in [0.25, 0.3) is 6.08 Å². The second-order valence-electron chi connectivity index (χ2n) is 10.2. The number of amides is 1. The van der Waals surface area contributed by atoms with Gasteiger partial charge in [0, 0.05) is 29.2 Å². The number of thiazole rings is 1. The topological polar surface area (TPSA) is 132 Å². The van der Waals surface area contributed by atoms with Gasteiger partial charge in [-0.15, -0.1) is 11.3 Å². The van der Waals surface area contributed by atoms with Crippen molar-refractivity contribution in [2.75, 3.05) is 6.61 Å². The minimum atomic E-state index is -1.98. The third kappa shape index (κ3) is 6.86. The molecule has 2 N–H and O–H groups in total. The predicted octanol–water partition coefficient (Wildman–Crippen LogP) is 3.93. The largest absolute Gasteiger partial charge is 0.380 e. The third-order valence-corrected chi connectivity index (χ3v) is 12.2. The minimum absolute atomic E-state index is 0.0936. The molecular formula is C27H34N2O7S3. The van der Waals surface area contributed by atoms with Crippen molar-refractivity contribution in [1.29, 1.82) is 0 Å². The van der Waals surface area contributed by atoms with E-state index in [1.165, 1.54) is 24.3 Å². The van der Waals surface area contributed by atoms with Gasteiger partial charge in [0.15, 0.2) is 12.1 Å². The lowest BCUT2D eigenvalue weighted by Gasteiger charge is -2.36. The first-order valence-electron chi connectivity index (χ1n) is 13.0. The van der Waals surface area contributed by atoms with E-state index in [1.54, 1.807) is 31.2 Å². The monoisotopic (exact) mass is 594 g/mol. The van der Waals surface area contributed by atoms with E-state index in [0.29, 0.717) is 34.5 Å². The maximum absolute atomic E-state index is 13.3. The summed E-state index contributed by atoms with van der Waals surface area (Å²) in [5.41, 5.74) is -0.562. The van der Waals surface area contributed by atoms with E-state index < -0.39 is 49.6 Å². The maximum Gasteiger partial charge on any atom is 0.234 e. The van der Waals surface area contributed by atoms with Crippen molar-refractivity contribution >= 4 is 54.8 Å². The second kappa shape index (κ2) is 12.7. The quantitative estimate of drug-likeness (QED) is 0.386. The first-order valence-corrected chi connectivity index (χ1v) is 16.3. The van der Waals surface area contributed by atoms with E-state index in [-0.39, 0.29) is 25.0 Å². The Labute approximate surface area is 238 Å². The first-order chi connectivity index (χ1) is 18.5. The van der Waals surface area contributed by atoms with Gasteiger partial charge < -0.3 is 19.9 Å². The molecule has 0 aliphatic carbocycles. The van der Waals surface area contributed by atoms with Gasteiger partial charge in [-0.25, -0.2) is 9.19 Å². The Morgan fingerprint density at radius 3 is 2.69 bits per heavy atom. The summed E-state index contributed by atoms with van der Waals surface area (Å²) < 4.78 is 23.5. The predicted molar refractivity (Wildman–Crippen MR) is 152 cm³/mol. The first kappa shape index (κ1) is 30.0. The highest BCUT2D eigenvalue weighted by Gasteiger charge is 2.63. The molecule has 2 bridgehead atoms. The van der Waals surface area contributed by atoms with Gasteiger partial charge in [-0.1, -0.05) is 17.7 Å². The molecule has 2 fully saturated rings. The molecule has 1 aromatic rings. The number of nitrogens with one attached hydrogen (secondary N) is 1. The minimum Gasteiger partial charge on any atom is -0.380 e. The Morgan fingerprint density at radius 2 is 2.00 bits per heavy atom. The number of hydrogen-bond donors (Lipinski definition) is 2. The van der Waals surface area contributed by atoms with Crippen molar-refractivity contribution in [3.63, 3.8) is 0 Å². The van der Waals surface area contributed by atoms with Crippen LogP contribution in [0.1, 0.15) is 76.0 Å². The van der Waals surface area contributed by atoms with Gasteiger partial charge in [-0.3, -0.25) is 14.4 Å². The highest BCUT2D eigenvalue weighted by molar-refractivity contribution is 8.76. The molecule has 1 aromatic heterocycles. The van der Waals surface area contributed by atoms with E-state index in [4.69, 9.17) is 9.47 Å². The van der Waals surface area contributed by atoms with Crippen LogP contribution in [0.3, 0.4) is 0 Å². The zero-order chi connectivity index (χ0) is 28.2. The standard InChI is InChI=1S/C27H34N2O7S3/c1-17-11-12-27(26(3,33)25(32)38-39(27)34)15-22(31)28-18(2)24-29-19(16-37-24)8-4-5-9-20(30)21(14-17)36-23-10-6-7-13-35-23/h4-5,8-9,14,16,18,21,23,33H,6-7,10-13,15H2,1-3H3,(H,28,31)/b8-4-,9-5+,17-14+/t18-,21-,23?,26+,27-,39?/m1/s1. The molecule has 2 saturated heterocycles. The molecule has 1 amide bonds. The van der Waals surface area contributed by atoms with Gasteiger partial charge in [-0.2, -0.15) is 0 Å². The van der Waals surface area contributed by atoms with Gasteiger partial charge in [0.1, 0.15) is 21.5 Å². The molecule has 4 heterocycles. The Balaban J connectivity index is 1.69. The molecule has 0 radical (unpaired) electrons. The Kier molecular flexibility index (Phi) is 9.77. The third-order valence-electron chi connectivity index (χ3n) is 7.20. The number of aliphatic hydroxyl groups is 1. The number of carbonyl (C=O) groups excluding carboxylic acids is 3. The molecule has 39 heavy (non-hydrogen) atoms. The van der Waals surface area contributed by atoms with E-state index >= 15 is 0 Å². The van der Waals surface area contributed by atoms with E-state index in [2.05, 4.69) is 10.3 Å². The summed E-state index contributed by atoms with van der Waals surface area (Å²) in [5.74, 6) is -0.701. The number of fused-ring (bicyclic) bond motifs is 2. The van der Waals surface area contributed by atoms with Crippen LogP contribution in [0.15, 0.2) is 35.3 Å². The molecule has 1 spiro atoms. The molecule has 12 heteroatoms. The summed E-state index contributed by atoms with van der Waals surface area (Å²) in [6.07, 6.45) is 9.50. The fraction of sp³-hybridized carbons (Fsp3) is 0.556. The molecular weight excluding hydrogens is 561 g/mol. The normalized spacial score (nSPS) is 37.9. The van der Waals surface area contributed by atoms with Crippen molar-refractivity contribution in [3.05, 3.63) is 46.0 Å². The van der Waals surface area contributed by atoms with Gasteiger partial charge in [-0.05, 0) is 71.1 Å². The molecule has 9 nitrogen and oxygen atoms in total. The smallest absolute Gasteiger partial charge is 0.234 e.